The zero-order valence-corrected chi connectivity index (χ0v) is 12.8. The molecule has 0 unspecified atom stereocenters. The van der Waals surface area contributed by atoms with Gasteiger partial charge in [0.25, 0.3) is 0 Å². The van der Waals surface area contributed by atoms with E-state index in [-0.39, 0.29) is 38.7 Å². The maximum Gasteiger partial charge on any atom is 1.00 e. The molecule has 0 saturated carbocycles. The van der Waals surface area contributed by atoms with E-state index >= 15 is 0 Å². The minimum absolute atomic E-state index is 0. The van der Waals surface area contributed by atoms with Crippen molar-refractivity contribution in [3.8, 4) is 0 Å². The normalized spacial score (nSPS) is 10.3. The fraction of sp³-hybridized carbons (Fsp3) is 0.0909. The first-order valence-electron chi connectivity index (χ1n) is 4.10. The van der Waals surface area contributed by atoms with Gasteiger partial charge in [-0.1, -0.05) is 30.3 Å². The molecule has 0 aliphatic rings. The van der Waals surface area contributed by atoms with E-state index in [4.69, 9.17) is 0 Å². The van der Waals surface area contributed by atoms with Gasteiger partial charge < -0.3 is 9.90 Å². The summed E-state index contributed by atoms with van der Waals surface area (Å²) in [7, 11) is 0. The molecule has 0 atom stereocenters. The van der Waals surface area contributed by atoms with Crippen molar-refractivity contribution in [1.82, 2.24) is 0 Å². The van der Waals surface area contributed by atoms with Gasteiger partial charge in [-0.2, -0.15) is 0 Å². The summed E-state index contributed by atoms with van der Waals surface area (Å²) in [5.41, 5.74) is 0.395. The van der Waals surface area contributed by atoms with E-state index in [1.54, 1.807) is 30.3 Å². The average molecular weight is 394 g/mol. The Labute approximate surface area is 108 Å². The number of rotatable bonds is 3. The van der Waals surface area contributed by atoms with Gasteiger partial charge in [0.2, 0.25) is 0 Å². The Kier molecular flexibility index (Phi) is 6.07. The molecule has 1 aromatic rings. The molecule has 0 amide bonds. The molecule has 74 valence electrons. The van der Waals surface area contributed by atoms with Crippen LogP contribution in [0.15, 0.2) is 42.0 Å². The minimum atomic E-state index is -1.32. The zero-order chi connectivity index (χ0) is 10.6. The van der Waals surface area contributed by atoms with Gasteiger partial charge in [0.1, 0.15) is 0 Å². The molecule has 4 heteroatoms. The molecular weight excluding hydrogens is 385 g/mol. The molecule has 0 heterocycles. The Bertz CT molecular complexity index is 382. The van der Waals surface area contributed by atoms with Gasteiger partial charge in [-0.15, -0.1) is 0 Å². The zero-order valence-electron chi connectivity index (χ0n) is 8.27. The number of hydrogen-bond donors (Lipinski definition) is 0. The van der Waals surface area contributed by atoms with Gasteiger partial charge in [0.15, 0.2) is 5.78 Å². The van der Waals surface area contributed by atoms with Crippen molar-refractivity contribution < 1.29 is 14.7 Å². The largest absolute Gasteiger partial charge is 1.00 e. The molecule has 0 N–H and O–H groups in total. The molecule has 0 aromatic heterocycles. The smallest absolute Gasteiger partial charge is 0.545 e. The maximum atomic E-state index is 11.4. The van der Waals surface area contributed by atoms with Crippen LogP contribution < -0.4 is 5.11 Å². The van der Waals surface area contributed by atoms with Crippen LogP contribution in [0.3, 0.4) is 0 Å². The molecule has 0 fully saturated rings. The van der Waals surface area contributed by atoms with Crippen LogP contribution in [-0.4, -0.2) is 39.1 Å². The summed E-state index contributed by atoms with van der Waals surface area (Å²) in [6.07, 6.45) is 1.06. The summed E-state index contributed by atoms with van der Waals surface area (Å²) < 4.78 is 0. The van der Waals surface area contributed by atoms with Gasteiger partial charge in [-0.25, -0.2) is 0 Å². The van der Waals surface area contributed by atoms with Crippen LogP contribution >= 0.6 is 0 Å². The first kappa shape index (κ1) is 14.0. The molecule has 0 aliphatic heterocycles. The SMILES string of the molecule is CC(=CC(=O)c1ccccc1)C(=O)[O-].[Tl+]. The van der Waals surface area contributed by atoms with E-state index in [9.17, 15) is 14.7 Å². The van der Waals surface area contributed by atoms with Crippen molar-refractivity contribution in [2.24, 2.45) is 0 Å². The predicted molar refractivity (Wildman–Crippen MR) is 55.3 cm³/mol. The molecule has 15 heavy (non-hydrogen) atoms. The van der Waals surface area contributed by atoms with Crippen molar-refractivity contribution in [3.05, 3.63) is 47.5 Å². The molecule has 0 radical (unpaired) electrons. The van der Waals surface area contributed by atoms with Crippen molar-refractivity contribution in [1.29, 1.82) is 0 Å². The van der Waals surface area contributed by atoms with Crippen LogP contribution in [0.4, 0.5) is 0 Å². The second kappa shape index (κ2) is 6.50. The van der Waals surface area contributed by atoms with Crippen molar-refractivity contribution >= 4 is 39.1 Å². The second-order valence-corrected chi connectivity index (χ2v) is 2.85. The van der Waals surface area contributed by atoms with Crippen LogP contribution in [0.1, 0.15) is 17.3 Å². The molecule has 3 nitrogen and oxygen atoms in total. The maximum absolute atomic E-state index is 11.4. The molecule has 0 aliphatic carbocycles. The van der Waals surface area contributed by atoms with Crippen molar-refractivity contribution in [2.45, 2.75) is 6.92 Å². The van der Waals surface area contributed by atoms with E-state index in [0.29, 0.717) is 5.56 Å². The standard InChI is InChI=1S/C11H10O3.Tl/c1-8(11(13)14)7-10(12)9-5-3-2-4-6-9;/h2-7H,1H3,(H,13,14);/q;+1/p-1. The fourth-order valence-electron chi connectivity index (χ4n) is 0.941. The van der Waals surface area contributed by atoms with E-state index in [1.807, 2.05) is 0 Å². The third-order valence-electron chi connectivity index (χ3n) is 1.73. The van der Waals surface area contributed by atoms with E-state index in [1.165, 1.54) is 6.92 Å². The van der Waals surface area contributed by atoms with E-state index in [2.05, 4.69) is 0 Å². The van der Waals surface area contributed by atoms with Crippen LogP contribution in [0.5, 0.6) is 0 Å². The summed E-state index contributed by atoms with van der Waals surface area (Å²) >= 11 is 0. The van der Waals surface area contributed by atoms with Crippen LogP contribution in [0, 0.1) is 0 Å². The van der Waals surface area contributed by atoms with Crippen molar-refractivity contribution in [3.63, 3.8) is 0 Å². The number of carbonyl (C=O) groups excluding carboxylic acids is 2. The van der Waals surface area contributed by atoms with Crippen LogP contribution in [-0.2, 0) is 4.79 Å². The first-order chi connectivity index (χ1) is 6.61. The molecule has 0 bridgehead atoms. The number of ketones is 1. The van der Waals surface area contributed by atoms with Gasteiger partial charge >= 0.3 is 27.3 Å². The fourth-order valence-corrected chi connectivity index (χ4v) is 0.941. The Morgan fingerprint density at radius 1 is 1.20 bits per heavy atom. The second-order valence-electron chi connectivity index (χ2n) is 2.85. The number of carboxylic acid groups (broad SMARTS) is 1. The Balaban J connectivity index is 0.00000196. The van der Waals surface area contributed by atoms with Gasteiger partial charge in [-0.05, 0) is 18.6 Å². The summed E-state index contributed by atoms with van der Waals surface area (Å²) in [5, 5.41) is 10.3. The minimum Gasteiger partial charge on any atom is -0.545 e. The third kappa shape index (κ3) is 4.37. The number of benzene rings is 1. The molecule has 0 saturated heterocycles. The van der Waals surface area contributed by atoms with Crippen LogP contribution in [0.2, 0.25) is 0 Å². The van der Waals surface area contributed by atoms with Gasteiger partial charge in [0, 0.05) is 5.56 Å². The average Bonchev–Trinajstić information content (AvgIpc) is 2.19. The van der Waals surface area contributed by atoms with E-state index < -0.39 is 5.97 Å². The predicted octanol–water partition coefficient (Wildman–Crippen LogP) is 0.185. The summed E-state index contributed by atoms with van der Waals surface area (Å²) in [4.78, 5) is 21.7. The number of carbonyl (C=O) groups is 2. The van der Waals surface area contributed by atoms with E-state index in [0.717, 1.165) is 6.08 Å². The van der Waals surface area contributed by atoms with Gasteiger partial charge in [-0.3, -0.25) is 4.79 Å². The summed E-state index contributed by atoms with van der Waals surface area (Å²) in [5.74, 6) is -1.65. The van der Waals surface area contributed by atoms with Gasteiger partial charge in [0.05, 0.1) is 5.97 Å². The monoisotopic (exact) mass is 394 g/mol. The molecular formula is C11H9O3Tl. The third-order valence-corrected chi connectivity index (χ3v) is 1.73. The number of carboxylic acids is 1. The molecule has 1 aromatic carbocycles. The van der Waals surface area contributed by atoms with Crippen LogP contribution in [0.25, 0.3) is 0 Å². The van der Waals surface area contributed by atoms with Crippen molar-refractivity contribution in [2.75, 3.05) is 0 Å². The number of allylic oxidation sites excluding steroid dienone is 1. The number of hydrogen-bond acceptors (Lipinski definition) is 3. The Hall–Kier alpha value is -0.978. The topological polar surface area (TPSA) is 57.2 Å². The summed E-state index contributed by atoms with van der Waals surface area (Å²) in [6, 6.07) is 8.47. The quantitative estimate of drug-likeness (QED) is 0.418. The number of aliphatic carboxylic acids is 1. The Morgan fingerprint density at radius 3 is 2.20 bits per heavy atom. The molecule has 1 rings (SSSR count). The first-order valence-corrected chi connectivity index (χ1v) is 4.10. The molecule has 0 spiro atoms. The summed E-state index contributed by atoms with van der Waals surface area (Å²) in [6.45, 7) is 1.33. The Morgan fingerprint density at radius 2 is 1.73 bits per heavy atom.